The number of imidazole rings is 1. The molecule has 4 aromatic heterocycles. The molecule has 1 unspecified atom stereocenters. The summed E-state index contributed by atoms with van der Waals surface area (Å²) < 4.78 is 5.28. The quantitative estimate of drug-likeness (QED) is 0.410. The maximum atomic E-state index is 13.1. The number of hydrogen-bond donors (Lipinski definition) is 1. The van der Waals surface area contributed by atoms with Crippen LogP contribution in [0.3, 0.4) is 0 Å². The zero-order valence-electron chi connectivity index (χ0n) is 20.4. The number of nitrogens with one attached hydrogen (secondary N) is 1. The molecule has 0 radical (unpaired) electrons. The van der Waals surface area contributed by atoms with Crippen LogP contribution in [0.15, 0.2) is 66.5 Å². The number of aromatic nitrogens is 7. The van der Waals surface area contributed by atoms with Crippen molar-refractivity contribution < 1.29 is 0 Å². The molecule has 6 rings (SSSR count). The van der Waals surface area contributed by atoms with Crippen LogP contribution in [0.4, 0.5) is 5.69 Å². The summed E-state index contributed by atoms with van der Waals surface area (Å²) in [6.07, 6.45) is 17.3. The summed E-state index contributed by atoms with van der Waals surface area (Å²) in [6.45, 7) is 5.00. The van der Waals surface area contributed by atoms with E-state index >= 15 is 0 Å². The van der Waals surface area contributed by atoms with E-state index in [0.29, 0.717) is 11.7 Å². The Kier molecular flexibility index (Phi) is 6.10. The molecular formula is C26H31N9O. The SMILES string of the molecule is CC(n1cc(-c2cncc(-n3ccnc3)c2)nn1)n1ccc(N2CCC[C@@H](NCC3CC3)C2)cc1=O. The minimum Gasteiger partial charge on any atom is -0.370 e. The average Bonchev–Trinajstić information content (AvgIpc) is 3.35. The third-order valence-corrected chi connectivity index (χ3v) is 7.23. The molecule has 186 valence electrons. The fraction of sp³-hybridized carbons (Fsp3) is 0.423. The van der Waals surface area contributed by atoms with Gasteiger partial charge in [-0.15, -0.1) is 5.10 Å². The summed E-state index contributed by atoms with van der Waals surface area (Å²) in [5.74, 6) is 0.875. The van der Waals surface area contributed by atoms with Gasteiger partial charge in [0.25, 0.3) is 5.56 Å². The first kappa shape index (κ1) is 22.7. The lowest BCUT2D eigenvalue weighted by Crippen LogP contribution is -2.46. The van der Waals surface area contributed by atoms with E-state index in [1.165, 1.54) is 19.3 Å². The standard InChI is InChI=1S/C26H31N9O/c1-19(35-17-25(30-31-35)21-11-24(15-28-14-21)33-10-7-27-18-33)34-9-6-23(12-26(34)36)32-8-2-3-22(16-32)29-13-20-4-5-20/h6-7,9-12,14-15,17-20,22,29H,2-5,8,13,16H2,1H3/t19?,22-/m1/s1. The van der Waals surface area contributed by atoms with Crippen molar-refractivity contribution in [3.05, 3.63) is 72.1 Å². The van der Waals surface area contributed by atoms with Gasteiger partial charge in [0.15, 0.2) is 0 Å². The normalized spacial score (nSPS) is 18.9. The van der Waals surface area contributed by atoms with Gasteiger partial charge in [-0.2, -0.15) is 0 Å². The highest BCUT2D eigenvalue weighted by atomic mass is 16.1. The third-order valence-electron chi connectivity index (χ3n) is 7.23. The Morgan fingerprint density at radius 3 is 2.83 bits per heavy atom. The molecule has 10 heteroatoms. The maximum absolute atomic E-state index is 13.1. The number of anilines is 1. The van der Waals surface area contributed by atoms with Crippen LogP contribution in [0.5, 0.6) is 0 Å². The summed E-state index contributed by atoms with van der Waals surface area (Å²) in [5.41, 5.74) is 3.37. The van der Waals surface area contributed by atoms with E-state index in [-0.39, 0.29) is 11.7 Å². The Morgan fingerprint density at radius 2 is 2.03 bits per heavy atom. The molecule has 5 heterocycles. The van der Waals surface area contributed by atoms with Crippen molar-refractivity contribution in [3.63, 3.8) is 0 Å². The molecule has 2 fully saturated rings. The molecular weight excluding hydrogens is 454 g/mol. The molecule has 0 amide bonds. The van der Waals surface area contributed by atoms with Crippen molar-refractivity contribution >= 4 is 5.69 Å². The predicted octanol–water partition coefficient (Wildman–Crippen LogP) is 2.72. The van der Waals surface area contributed by atoms with Crippen molar-refractivity contribution in [3.8, 4) is 16.9 Å². The number of rotatable bonds is 8. The molecule has 2 aliphatic rings. The lowest BCUT2D eigenvalue weighted by Gasteiger charge is -2.35. The number of pyridine rings is 2. The lowest BCUT2D eigenvalue weighted by molar-refractivity contribution is 0.403. The Hall–Kier alpha value is -3.79. The van der Waals surface area contributed by atoms with Gasteiger partial charge in [-0.05, 0) is 57.2 Å². The van der Waals surface area contributed by atoms with Gasteiger partial charge in [0.05, 0.1) is 24.4 Å². The third kappa shape index (κ3) is 4.81. The Balaban J connectivity index is 1.16. The number of nitrogens with zero attached hydrogens (tertiary/aromatic N) is 8. The van der Waals surface area contributed by atoms with Crippen LogP contribution < -0.4 is 15.8 Å². The van der Waals surface area contributed by atoms with Gasteiger partial charge in [0.2, 0.25) is 0 Å². The fourth-order valence-electron chi connectivity index (χ4n) is 4.86. The van der Waals surface area contributed by atoms with Gasteiger partial charge in [0, 0.05) is 61.2 Å². The van der Waals surface area contributed by atoms with E-state index in [1.54, 1.807) is 40.2 Å². The molecule has 1 saturated carbocycles. The zero-order valence-corrected chi connectivity index (χ0v) is 20.4. The molecule has 0 bridgehead atoms. The van der Waals surface area contributed by atoms with Crippen molar-refractivity contribution in [1.82, 2.24) is 39.4 Å². The van der Waals surface area contributed by atoms with Gasteiger partial charge >= 0.3 is 0 Å². The van der Waals surface area contributed by atoms with E-state index < -0.39 is 0 Å². The largest absolute Gasteiger partial charge is 0.370 e. The number of hydrogen-bond acceptors (Lipinski definition) is 7. The molecule has 1 aliphatic heterocycles. The second-order valence-corrected chi connectivity index (χ2v) is 9.88. The molecule has 10 nitrogen and oxygen atoms in total. The van der Waals surface area contributed by atoms with Crippen LogP contribution in [-0.2, 0) is 0 Å². The molecule has 36 heavy (non-hydrogen) atoms. The van der Waals surface area contributed by atoms with Crippen LogP contribution in [0.2, 0.25) is 0 Å². The molecule has 1 N–H and O–H groups in total. The average molecular weight is 486 g/mol. The summed E-state index contributed by atoms with van der Waals surface area (Å²) in [5, 5.41) is 12.4. The number of piperidine rings is 1. The summed E-state index contributed by atoms with van der Waals surface area (Å²) in [7, 11) is 0. The first-order valence-corrected chi connectivity index (χ1v) is 12.7. The van der Waals surface area contributed by atoms with Crippen molar-refractivity contribution in [2.24, 2.45) is 5.92 Å². The Bertz CT molecular complexity index is 1370. The second kappa shape index (κ2) is 9.69. The van der Waals surface area contributed by atoms with Crippen molar-refractivity contribution in [2.45, 2.75) is 44.8 Å². The molecule has 0 aromatic carbocycles. The Labute approximate surface area is 209 Å². The fourth-order valence-corrected chi connectivity index (χ4v) is 4.86. The van der Waals surface area contributed by atoms with Gasteiger partial charge < -0.3 is 14.8 Å². The Morgan fingerprint density at radius 1 is 1.11 bits per heavy atom. The summed E-state index contributed by atoms with van der Waals surface area (Å²) in [4.78, 5) is 23.9. The second-order valence-electron chi connectivity index (χ2n) is 9.88. The van der Waals surface area contributed by atoms with Crippen LogP contribution >= 0.6 is 0 Å². The van der Waals surface area contributed by atoms with Crippen molar-refractivity contribution in [2.75, 3.05) is 24.5 Å². The monoisotopic (exact) mass is 485 g/mol. The molecule has 2 atom stereocenters. The topological polar surface area (TPSA) is 98.7 Å². The summed E-state index contributed by atoms with van der Waals surface area (Å²) in [6, 6.07) is 6.27. The van der Waals surface area contributed by atoms with Gasteiger partial charge in [-0.25, -0.2) is 9.67 Å². The van der Waals surface area contributed by atoms with E-state index in [9.17, 15) is 4.79 Å². The van der Waals surface area contributed by atoms with Crippen LogP contribution in [0.25, 0.3) is 16.9 Å². The van der Waals surface area contributed by atoms with Gasteiger partial charge in [-0.1, -0.05) is 5.21 Å². The molecule has 1 saturated heterocycles. The van der Waals surface area contributed by atoms with E-state index in [2.05, 4.69) is 30.5 Å². The minimum absolute atomic E-state index is 0.0473. The molecule has 1 aliphatic carbocycles. The molecule has 0 spiro atoms. The van der Waals surface area contributed by atoms with E-state index in [4.69, 9.17) is 0 Å². The van der Waals surface area contributed by atoms with Crippen LogP contribution in [-0.4, -0.2) is 59.8 Å². The van der Waals surface area contributed by atoms with E-state index in [1.807, 2.05) is 42.2 Å². The highest BCUT2D eigenvalue weighted by molar-refractivity contribution is 5.59. The maximum Gasteiger partial charge on any atom is 0.254 e. The smallest absolute Gasteiger partial charge is 0.254 e. The highest BCUT2D eigenvalue weighted by Gasteiger charge is 2.25. The molecule has 4 aromatic rings. The van der Waals surface area contributed by atoms with Crippen molar-refractivity contribution in [1.29, 1.82) is 0 Å². The lowest BCUT2D eigenvalue weighted by atomic mass is 10.0. The van der Waals surface area contributed by atoms with Crippen LogP contribution in [0.1, 0.15) is 38.8 Å². The van der Waals surface area contributed by atoms with Gasteiger partial charge in [-0.3, -0.25) is 14.3 Å². The first-order chi connectivity index (χ1) is 17.6. The first-order valence-electron chi connectivity index (χ1n) is 12.7. The zero-order chi connectivity index (χ0) is 24.5. The van der Waals surface area contributed by atoms with E-state index in [0.717, 1.165) is 48.9 Å². The minimum atomic E-state index is -0.313. The highest BCUT2D eigenvalue weighted by Crippen LogP contribution is 2.28. The van der Waals surface area contributed by atoms with Crippen LogP contribution in [0, 0.1) is 5.92 Å². The van der Waals surface area contributed by atoms with Gasteiger partial charge in [0.1, 0.15) is 11.9 Å². The summed E-state index contributed by atoms with van der Waals surface area (Å²) >= 11 is 0. The predicted molar refractivity (Wildman–Crippen MR) is 137 cm³/mol.